The van der Waals surface area contributed by atoms with Gasteiger partial charge in [0.25, 0.3) is 11.5 Å². The summed E-state index contributed by atoms with van der Waals surface area (Å²) in [6.45, 7) is 8.91. The predicted octanol–water partition coefficient (Wildman–Crippen LogP) is 2.23. The van der Waals surface area contributed by atoms with Crippen LogP contribution in [0, 0.1) is 18.3 Å². The summed E-state index contributed by atoms with van der Waals surface area (Å²) in [4.78, 5) is 30.4. The molecule has 27 heavy (non-hydrogen) atoms. The molecule has 3 aromatic heterocycles. The Bertz CT molecular complexity index is 1140. The summed E-state index contributed by atoms with van der Waals surface area (Å²) in [5.74, 6) is -0.0419. The Hall–Kier alpha value is -2.96. The van der Waals surface area contributed by atoms with Gasteiger partial charge in [0.1, 0.15) is 16.8 Å². The van der Waals surface area contributed by atoms with Crippen LogP contribution in [-0.4, -0.2) is 26.4 Å². The Labute approximate surface area is 157 Å². The first-order valence-electron chi connectivity index (χ1n) is 9.23. The van der Waals surface area contributed by atoms with E-state index >= 15 is 0 Å². The van der Waals surface area contributed by atoms with Crippen molar-refractivity contribution in [3.8, 4) is 0 Å². The molecule has 7 nitrogen and oxygen atoms in total. The SMILES string of the molecule is CCCn1c(=N)c(C(=O)NCC(C)C)cc2c(=O)n3cccc(C)c3nc21. The number of nitrogens with zero attached hydrogens (tertiary/aromatic N) is 3. The highest BCUT2D eigenvalue weighted by Crippen LogP contribution is 2.13. The second-order valence-electron chi connectivity index (χ2n) is 7.20. The van der Waals surface area contributed by atoms with Crippen molar-refractivity contribution in [2.24, 2.45) is 5.92 Å². The molecule has 3 heterocycles. The van der Waals surface area contributed by atoms with E-state index in [2.05, 4.69) is 10.3 Å². The molecule has 0 spiro atoms. The van der Waals surface area contributed by atoms with E-state index in [9.17, 15) is 9.59 Å². The predicted molar refractivity (Wildman–Crippen MR) is 105 cm³/mol. The highest BCUT2D eigenvalue weighted by Gasteiger charge is 2.17. The van der Waals surface area contributed by atoms with Gasteiger partial charge in [-0.15, -0.1) is 0 Å². The number of aryl methyl sites for hydroxylation is 2. The molecule has 142 valence electrons. The van der Waals surface area contributed by atoms with E-state index in [1.54, 1.807) is 16.8 Å². The number of carbonyl (C=O) groups is 1. The van der Waals surface area contributed by atoms with Crippen molar-refractivity contribution in [2.45, 2.75) is 40.7 Å². The fraction of sp³-hybridized carbons (Fsp3) is 0.400. The summed E-state index contributed by atoms with van der Waals surface area (Å²) in [5.41, 5.74) is 1.93. The zero-order valence-corrected chi connectivity index (χ0v) is 16.2. The summed E-state index contributed by atoms with van der Waals surface area (Å²) < 4.78 is 3.15. The number of pyridine rings is 2. The van der Waals surface area contributed by atoms with E-state index in [1.807, 2.05) is 33.8 Å². The summed E-state index contributed by atoms with van der Waals surface area (Å²) in [6, 6.07) is 5.20. The maximum absolute atomic E-state index is 13.1. The van der Waals surface area contributed by atoms with Crippen LogP contribution < -0.4 is 16.4 Å². The van der Waals surface area contributed by atoms with E-state index in [-0.39, 0.29) is 22.5 Å². The normalized spacial score (nSPS) is 11.4. The number of nitrogens with one attached hydrogen (secondary N) is 2. The lowest BCUT2D eigenvalue weighted by molar-refractivity contribution is 0.0946. The molecule has 3 aromatic rings. The third kappa shape index (κ3) is 3.37. The van der Waals surface area contributed by atoms with Gasteiger partial charge in [-0.1, -0.05) is 26.8 Å². The summed E-state index contributed by atoms with van der Waals surface area (Å²) >= 11 is 0. The molecule has 0 saturated carbocycles. The third-order valence-corrected chi connectivity index (χ3v) is 4.50. The fourth-order valence-corrected chi connectivity index (χ4v) is 3.10. The van der Waals surface area contributed by atoms with Gasteiger partial charge >= 0.3 is 0 Å². The molecular formula is C20H25N5O2. The lowest BCUT2D eigenvalue weighted by Gasteiger charge is -2.15. The number of amides is 1. The van der Waals surface area contributed by atoms with Crippen molar-refractivity contribution in [3.05, 3.63) is 51.4 Å². The minimum absolute atomic E-state index is 0.0791. The molecule has 3 rings (SSSR count). The zero-order valence-electron chi connectivity index (χ0n) is 16.2. The molecule has 1 amide bonds. The van der Waals surface area contributed by atoms with Crippen LogP contribution in [0.2, 0.25) is 0 Å². The van der Waals surface area contributed by atoms with Crippen LogP contribution in [0.1, 0.15) is 43.1 Å². The van der Waals surface area contributed by atoms with Gasteiger partial charge in [-0.3, -0.25) is 19.4 Å². The van der Waals surface area contributed by atoms with Gasteiger partial charge in [-0.2, -0.15) is 0 Å². The molecule has 0 aromatic carbocycles. The smallest absolute Gasteiger partial charge is 0.267 e. The Kier molecular flexibility index (Phi) is 5.12. The minimum atomic E-state index is -0.339. The first-order chi connectivity index (χ1) is 12.8. The van der Waals surface area contributed by atoms with Crippen molar-refractivity contribution in [1.82, 2.24) is 19.3 Å². The number of hydrogen-bond acceptors (Lipinski definition) is 4. The lowest BCUT2D eigenvalue weighted by atomic mass is 10.1. The average Bonchev–Trinajstić information content (AvgIpc) is 2.63. The van der Waals surface area contributed by atoms with Gasteiger partial charge in [0, 0.05) is 19.3 Å². The highest BCUT2D eigenvalue weighted by molar-refractivity contribution is 5.96. The van der Waals surface area contributed by atoms with Crippen molar-refractivity contribution < 1.29 is 4.79 Å². The number of aromatic nitrogens is 3. The summed E-state index contributed by atoms with van der Waals surface area (Å²) in [6.07, 6.45) is 2.44. The largest absolute Gasteiger partial charge is 0.352 e. The average molecular weight is 367 g/mol. The first-order valence-corrected chi connectivity index (χ1v) is 9.23. The molecule has 0 radical (unpaired) electrons. The Balaban J connectivity index is 2.34. The Morgan fingerprint density at radius 3 is 2.74 bits per heavy atom. The Morgan fingerprint density at radius 2 is 2.07 bits per heavy atom. The van der Waals surface area contributed by atoms with Gasteiger partial charge in [0.2, 0.25) is 0 Å². The highest BCUT2D eigenvalue weighted by atomic mass is 16.1. The van der Waals surface area contributed by atoms with E-state index in [1.165, 1.54) is 10.5 Å². The van der Waals surface area contributed by atoms with Crippen molar-refractivity contribution >= 4 is 22.6 Å². The topological polar surface area (TPSA) is 92.2 Å². The van der Waals surface area contributed by atoms with Crippen molar-refractivity contribution in [3.63, 3.8) is 0 Å². The molecule has 0 bridgehead atoms. The van der Waals surface area contributed by atoms with E-state index < -0.39 is 0 Å². The zero-order chi connectivity index (χ0) is 19.7. The standard InChI is InChI=1S/C20H25N5O2/c1-5-8-24-16(21)14(19(26)22-11-12(2)3)10-15-18(24)23-17-13(4)7-6-9-25(17)20(15)27/h6-7,9-10,12,21H,5,8,11H2,1-4H3,(H,22,26). The molecule has 0 atom stereocenters. The molecule has 0 unspecified atom stereocenters. The maximum atomic E-state index is 13.1. The Morgan fingerprint density at radius 1 is 1.33 bits per heavy atom. The maximum Gasteiger partial charge on any atom is 0.267 e. The van der Waals surface area contributed by atoms with Gasteiger partial charge in [0.15, 0.2) is 0 Å². The molecule has 0 saturated heterocycles. The van der Waals surface area contributed by atoms with Crippen LogP contribution in [0.25, 0.3) is 16.7 Å². The van der Waals surface area contributed by atoms with E-state index in [4.69, 9.17) is 5.41 Å². The van der Waals surface area contributed by atoms with E-state index in [0.717, 1.165) is 12.0 Å². The monoisotopic (exact) mass is 367 g/mol. The van der Waals surface area contributed by atoms with Gasteiger partial charge in [-0.05, 0) is 37.0 Å². The van der Waals surface area contributed by atoms with E-state index in [0.29, 0.717) is 35.7 Å². The van der Waals surface area contributed by atoms with Crippen LogP contribution in [0.4, 0.5) is 0 Å². The van der Waals surface area contributed by atoms with Crippen molar-refractivity contribution in [1.29, 1.82) is 5.41 Å². The molecule has 0 aliphatic heterocycles. The van der Waals surface area contributed by atoms with Crippen LogP contribution in [0.5, 0.6) is 0 Å². The summed E-state index contributed by atoms with van der Waals surface area (Å²) in [5, 5.41) is 11.7. The fourth-order valence-electron chi connectivity index (χ4n) is 3.10. The molecule has 0 aliphatic carbocycles. The van der Waals surface area contributed by atoms with Crippen LogP contribution >= 0.6 is 0 Å². The number of hydrogen-bond donors (Lipinski definition) is 2. The second kappa shape index (κ2) is 7.34. The third-order valence-electron chi connectivity index (χ3n) is 4.50. The van der Waals surface area contributed by atoms with Crippen molar-refractivity contribution in [2.75, 3.05) is 6.54 Å². The molecule has 0 aliphatic rings. The molecule has 7 heteroatoms. The number of carbonyl (C=O) groups excluding carboxylic acids is 1. The lowest BCUT2D eigenvalue weighted by Crippen LogP contribution is -2.36. The van der Waals surface area contributed by atoms with Gasteiger partial charge in [-0.25, -0.2) is 4.98 Å². The molecule has 0 fully saturated rings. The second-order valence-corrected chi connectivity index (χ2v) is 7.20. The van der Waals surface area contributed by atoms with Gasteiger partial charge < -0.3 is 9.88 Å². The van der Waals surface area contributed by atoms with Crippen LogP contribution in [0.3, 0.4) is 0 Å². The number of rotatable bonds is 5. The van der Waals surface area contributed by atoms with Gasteiger partial charge in [0.05, 0.1) is 10.9 Å². The summed E-state index contributed by atoms with van der Waals surface area (Å²) in [7, 11) is 0. The number of fused-ring (bicyclic) bond motifs is 2. The molecule has 2 N–H and O–H groups in total. The minimum Gasteiger partial charge on any atom is -0.352 e. The molecular weight excluding hydrogens is 342 g/mol. The quantitative estimate of drug-likeness (QED) is 0.677. The van der Waals surface area contributed by atoms with Crippen LogP contribution in [-0.2, 0) is 6.54 Å². The van der Waals surface area contributed by atoms with Crippen LogP contribution in [0.15, 0.2) is 29.2 Å². The first kappa shape index (κ1) is 18.8.